The van der Waals surface area contributed by atoms with Crippen molar-refractivity contribution in [1.82, 2.24) is 5.32 Å². The summed E-state index contributed by atoms with van der Waals surface area (Å²) in [6, 6.07) is 10.8. The van der Waals surface area contributed by atoms with Gasteiger partial charge in [-0.05, 0) is 65.2 Å². The van der Waals surface area contributed by atoms with Crippen LogP contribution < -0.4 is 15.4 Å². The normalized spacial score (nSPS) is 11.6. The van der Waals surface area contributed by atoms with Crippen LogP contribution in [0.3, 0.4) is 0 Å². The van der Waals surface area contributed by atoms with Gasteiger partial charge in [0.1, 0.15) is 5.75 Å². The predicted octanol–water partition coefficient (Wildman–Crippen LogP) is 3.84. The van der Waals surface area contributed by atoms with E-state index in [1.165, 1.54) is 7.11 Å². The molecule has 7 heteroatoms. The third-order valence-corrected chi connectivity index (χ3v) is 4.80. The molecule has 27 heavy (non-hydrogen) atoms. The maximum absolute atomic E-state index is 12.3. The van der Waals surface area contributed by atoms with Crippen LogP contribution in [0.25, 0.3) is 0 Å². The Morgan fingerprint density at radius 1 is 1.15 bits per heavy atom. The number of halogens is 1. The number of anilines is 1. The molecule has 0 aromatic heterocycles. The summed E-state index contributed by atoms with van der Waals surface area (Å²) in [4.78, 5) is 23.9. The van der Waals surface area contributed by atoms with Crippen molar-refractivity contribution in [3.8, 4) is 5.75 Å². The number of aryl methyl sites for hydroxylation is 1. The summed E-state index contributed by atoms with van der Waals surface area (Å²) >= 11 is 3.46. The van der Waals surface area contributed by atoms with Gasteiger partial charge in [-0.1, -0.05) is 12.1 Å². The maximum atomic E-state index is 12.3. The number of hydrogen-bond acceptors (Lipinski definition) is 5. The molecule has 0 aliphatic carbocycles. The fourth-order valence-electron chi connectivity index (χ4n) is 2.51. The zero-order valence-electron chi connectivity index (χ0n) is 15.8. The van der Waals surface area contributed by atoms with Crippen molar-refractivity contribution in [1.29, 1.82) is 0 Å². The summed E-state index contributed by atoms with van der Waals surface area (Å²) in [6.07, 6.45) is 0. The molecule has 0 radical (unpaired) electrons. The van der Waals surface area contributed by atoms with Crippen molar-refractivity contribution in [3.63, 3.8) is 0 Å². The largest absolute Gasteiger partial charge is 0.496 e. The van der Waals surface area contributed by atoms with Gasteiger partial charge in [-0.15, -0.1) is 0 Å². The highest BCUT2D eigenvalue weighted by Gasteiger charge is 2.13. The minimum absolute atomic E-state index is 0.0274. The zero-order valence-corrected chi connectivity index (χ0v) is 17.3. The molecule has 0 bridgehead atoms. The Balaban J connectivity index is 1.98. The highest BCUT2D eigenvalue weighted by atomic mass is 79.9. The van der Waals surface area contributed by atoms with Crippen LogP contribution in [-0.2, 0) is 9.53 Å². The fraction of sp³-hybridized carbons (Fsp3) is 0.300. The van der Waals surface area contributed by atoms with Gasteiger partial charge in [0.15, 0.2) is 0 Å². The highest BCUT2D eigenvalue weighted by molar-refractivity contribution is 9.10. The van der Waals surface area contributed by atoms with Crippen molar-refractivity contribution in [2.45, 2.75) is 19.9 Å². The molecule has 0 aliphatic heterocycles. The average Bonchev–Trinajstić information content (AvgIpc) is 2.67. The Morgan fingerprint density at radius 2 is 1.89 bits per heavy atom. The molecule has 0 aliphatic rings. The van der Waals surface area contributed by atoms with E-state index in [2.05, 4.69) is 26.6 Å². The topological polar surface area (TPSA) is 76.7 Å². The average molecular weight is 435 g/mol. The molecular weight excluding hydrogens is 412 g/mol. The molecule has 2 N–H and O–H groups in total. The number of carbonyl (C=O) groups is 2. The van der Waals surface area contributed by atoms with Crippen molar-refractivity contribution in [2.75, 3.05) is 26.1 Å². The molecule has 0 saturated carbocycles. The molecule has 0 saturated heterocycles. The fourth-order valence-corrected chi connectivity index (χ4v) is 3.07. The Bertz CT molecular complexity index is 839. The number of ether oxygens (including phenoxy) is 2. The highest BCUT2D eigenvalue weighted by Crippen LogP contribution is 2.28. The molecule has 2 aromatic rings. The first kappa shape index (κ1) is 20.9. The van der Waals surface area contributed by atoms with E-state index in [1.807, 2.05) is 32.0 Å². The smallest absolute Gasteiger partial charge is 0.337 e. The minimum Gasteiger partial charge on any atom is -0.496 e. The number of amides is 1. The van der Waals surface area contributed by atoms with E-state index in [9.17, 15) is 9.59 Å². The van der Waals surface area contributed by atoms with E-state index in [0.29, 0.717) is 11.3 Å². The van der Waals surface area contributed by atoms with Gasteiger partial charge < -0.3 is 20.1 Å². The summed E-state index contributed by atoms with van der Waals surface area (Å²) in [5, 5.41) is 6.01. The minimum atomic E-state index is -0.442. The molecule has 2 aromatic carbocycles. The van der Waals surface area contributed by atoms with Crippen molar-refractivity contribution >= 4 is 33.5 Å². The van der Waals surface area contributed by atoms with Gasteiger partial charge in [0.05, 0.1) is 30.8 Å². The lowest BCUT2D eigenvalue weighted by Crippen LogP contribution is -2.30. The van der Waals surface area contributed by atoms with Gasteiger partial charge in [-0.2, -0.15) is 0 Å². The second-order valence-corrected chi connectivity index (χ2v) is 6.92. The van der Waals surface area contributed by atoms with E-state index >= 15 is 0 Å². The lowest BCUT2D eigenvalue weighted by molar-refractivity contribution is -0.115. The lowest BCUT2D eigenvalue weighted by atomic mass is 10.1. The molecule has 0 spiro atoms. The molecule has 0 heterocycles. The number of nitrogens with one attached hydrogen (secondary N) is 2. The third-order valence-electron chi connectivity index (χ3n) is 4.18. The monoisotopic (exact) mass is 434 g/mol. The Hall–Kier alpha value is -2.38. The molecule has 0 unspecified atom stereocenters. The van der Waals surface area contributed by atoms with Crippen LogP contribution in [0.4, 0.5) is 5.69 Å². The zero-order chi connectivity index (χ0) is 20.0. The van der Waals surface area contributed by atoms with E-state index in [-0.39, 0.29) is 18.5 Å². The predicted molar refractivity (Wildman–Crippen MR) is 108 cm³/mol. The second kappa shape index (κ2) is 9.53. The van der Waals surface area contributed by atoms with Crippen molar-refractivity contribution in [3.05, 3.63) is 57.6 Å². The van der Waals surface area contributed by atoms with Crippen LogP contribution in [0.5, 0.6) is 5.75 Å². The van der Waals surface area contributed by atoms with Crippen LogP contribution in [0.1, 0.15) is 34.5 Å². The number of carbonyl (C=O) groups excluding carboxylic acids is 2. The molecular formula is C20H23BrN2O4. The van der Waals surface area contributed by atoms with Crippen molar-refractivity contribution in [2.24, 2.45) is 0 Å². The van der Waals surface area contributed by atoms with Crippen LogP contribution in [-0.4, -0.2) is 32.6 Å². The lowest BCUT2D eigenvalue weighted by Gasteiger charge is -2.16. The van der Waals surface area contributed by atoms with Gasteiger partial charge in [0.25, 0.3) is 0 Å². The number of benzene rings is 2. The summed E-state index contributed by atoms with van der Waals surface area (Å²) in [5.41, 5.74) is 2.87. The summed E-state index contributed by atoms with van der Waals surface area (Å²) in [7, 11) is 2.94. The first-order valence-corrected chi connectivity index (χ1v) is 9.20. The van der Waals surface area contributed by atoms with Gasteiger partial charge >= 0.3 is 5.97 Å². The number of esters is 1. The standard InChI is InChI=1S/C20H23BrN2O4/c1-12-5-6-15(20(25)27-4)10-17(12)23-19(24)11-22-13(2)14-7-8-18(26-3)16(21)9-14/h5-10,13,22H,11H2,1-4H3,(H,23,24)/t13-/m1/s1. The Kier molecular flexibility index (Phi) is 7.38. The van der Waals surface area contributed by atoms with E-state index < -0.39 is 5.97 Å². The van der Waals surface area contributed by atoms with Crippen molar-refractivity contribution < 1.29 is 19.1 Å². The molecule has 1 amide bonds. The Labute approximate surface area is 167 Å². The summed E-state index contributed by atoms with van der Waals surface area (Å²) in [5.74, 6) is 0.117. The quantitative estimate of drug-likeness (QED) is 0.647. The van der Waals surface area contributed by atoms with Gasteiger partial charge in [-0.3, -0.25) is 4.79 Å². The van der Waals surface area contributed by atoms with Gasteiger partial charge in [0.2, 0.25) is 5.91 Å². The number of rotatable bonds is 7. The molecule has 6 nitrogen and oxygen atoms in total. The van der Waals surface area contributed by atoms with E-state index in [4.69, 9.17) is 9.47 Å². The molecule has 0 fully saturated rings. The van der Waals surface area contributed by atoms with Crippen LogP contribution in [0, 0.1) is 6.92 Å². The van der Waals surface area contributed by atoms with Gasteiger partial charge in [-0.25, -0.2) is 4.79 Å². The molecule has 1 atom stereocenters. The van der Waals surface area contributed by atoms with Crippen LogP contribution in [0.15, 0.2) is 40.9 Å². The molecule has 144 valence electrons. The first-order valence-electron chi connectivity index (χ1n) is 8.41. The van der Waals surface area contributed by atoms with Crippen LogP contribution in [0.2, 0.25) is 0 Å². The third kappa shape index (κ3) is 5.55. The first-order chi connectivity index (χ1) is 12.8. The maximum Gasteiger partial charge on any atom is 0.337 e. The van der Waals surface area contributed by atoms with E-state index in [1.54, 1.807) is 25.3 Å². The number of hydrogen-bond donors (Lipinski definition) is 2. The second-order valence-electron chi connectivity index (χ2n) is 6.07. The summed E-state index contributed by atoms with van der Waals surface area (Å²) in [6.45, 7) is 3.97. The molecule has 2 rings (SSSR count). The van der Waals surface area contributed by atoms with Crippen LogP contribution >= 0.6 is 15.9 Å². The SMILES string of the molecule is COC(=O)c1ccc(C)c(NC(=O)CN[C@H](C)c2ccc(OC)c(Br)c2)c1. The number of methoxy groups -OCH3 is 2. The van der Waals surface area contributed by atoms with E-state index in [0.717, 1.165) is 21.3 Å². The Morgan fingerprint density at radius 3 is 2.52 bits per heavy atom. The van der Waals surface area contributed by atoms with Gasteiger partial charge in [0, 0.05) is 11.7 Å². The summed E-state index contributed by atoms with van der Waals surface area (Å²) < 4.78 is 10.8.